The highest BCUT2D eigenvalue weighted by atomic mass is 16.5. The first-order valence-corrected chi connectivity index (χ1v) is 9.28. The lowest BCUT2D eigenvalue weighted by Crippen LogP contribution is -2.68. The Morgan fingerprint density at radius 3 is 2.55 bits per heavy atom. The summed E-state index contributed by atoms with van der Waals surface area (Å²) >= 11 is 0. The Bertz CT molecular complexity index is 409. The fraction of sp³-hybridized carbons (Fsp3) is 0.944. The highest BCUT2D eigenvalue weighted by Crippen LogP contribution is 2.38. The van der Waals surface area contributed by atoms with Crippen LogP contribution in [0.4, 0.5) is 0 Å². The Hall–Kier alpha value is -0.610. The molecule has 0 radical (unpaired) electrons. The van der Waals surface area contributed by atoms with Gasteiger partial charge >= 0.3 is 0 Å². The van der Waals surface area contributed by atoms with Gasteiger partial charge in [-0.2, -0.15) is 0 Å². The first-order chi connectivity index (χ1) is 10.7. The molecule has 1 atom stereocenters. The van der Waals surface area contributed by atoms with Crippen LogP contribution in [-0.2, 0) is 14.3 Å². The van der Waals surface area contributed by atoms with Crippen molar-refractivity contribution >= 4 is 5.91 Å². The van der Waals surface area contributed by atoms with Crippen LogP contribution < -0.4 is 0 Å². The molecule has 4 rings (SSSR count). The van der Waals surface area contributed by atoms with E-state index in [2.05, 4.69) is 0 Å². The molecule has 22 heavy (non-hydrogen) atoms. The van der Waals surface area contributed by atoms with Crippen LogP contribution in [0.3, 0.4) is 0 Å². The third-order valence-corrected chi connectivity index (χ3v) is 6.21. The number of nitrogens with zero attached hydrogens (tertiary/aromatic N) is 1. The molecular formula is C18H29NO3. The molecule has 2 heterocycles. The van der Waals surface area contributed by atoms with Crippen LogP contribution in [-0.4, -0.2) is 48.8 Å². The van der Waals surface area contributed by atoms with Crippen molar-refractivity contribution in [3.05, 3.63) is 0 Å². The van der Waals surface area contributed by atoms with E-state index < -0.39 is 0 Å². The third kappa shape index (κ3) is 2.92. The lowest BCUT2D eigenvalue weighted by Gasteiger charge is -2.54. The topological polar surface area (TPSA) is 38.8 Å². The maximum absolute atomic E-state index is 12.3. The SMILES string of the molecule is O=C(C1CCC1)N1CC2(CC(OCC3CCCC3)CCO2)C1. The number of hydrogen-bond donors (Lipinski definition) is 0. The Labute approximate surface area is 133 Å². The third-order valence-electron chi connectivity index (χ3n) is 6.21. The maximum atomic E-state index is 12.3. The van der Waals surface area contributed by atoms with Crippen LogP contribution in [0.2, 0.25) is 0 Å². The quantitative estimate of drug-likeness (QED) is 0.801. The molecule has 4 fully saturated rings. The summed E-state index contributed by atoms with van der Waals surface area (Å²) < 4.78 is 12.2. The first kappa shape index (κ1) is 14.9. The molecule has 4 nitrogen and oxygen atoms in total. The van der Waals surface area contributed by atoms with Crippen LogP contribution in [0, 0.1) is 11.8 Å². The van der Waals surface area contributed by atoms with Crippen molar-refractivity contribution in [2.24, 2.45) is 11.8 Å². The summed E-state index contributed by atoms with van der Waals surface area (Å²) in [6.45, 7) is 3.32. The summed E-state index contributed by atoms with van der Waals surface area (Å²) in [7, 11) is 0. The minimum atomic E-state index is -0.0853. The molecule has 2 saturated carbocycles. The molecule has 2 aliphatic carbocycles. The molecule has 0 N–H and O–H groups in total. The number of rotatable bonds is 4. The minimum Gasteiger partial charge on any atom is -0.378 e. The van der Waals surface area contributed by atoms with Crippen molar-refractivity contribution in [1.82, 2.24) is 4.90 Å². The average molecular weight is 307 g/mol. The van der Waals surface area contributed by atoms with Gasteiger partial charge in [0.2, 0.25) is 5.91 Å². The van der Waals surface area contributed by atoms with Crippen LogP contribution in [0.25, 0.3) is 0 Å². The lowest BCUT2D eigenvalue weighted by atomic mass is 9.80. The second kappa shape index (κ2) is 6.12. The summed E-state index contributed by atoms with van der Waals surface area (Å²) in [5, 5.41) is 0. The Morgan fingerprint density at radius 1 is 1.09 bits per heavy atom. The van der Waals surface area contributed by atoms with E-state index in [1.807, 2.05) is 4.90 Å². The molecule has 124 valence electrons. The van der Waals surface area contributed by atoms with E-state index in [1.165, 1.54) is 32.1 Å². The van der Waals surface area contributed by atoms with Gasteiger partial charge in [-0.3, -0.25) is 4.79 Å². The molecule has 1 amide bonds. The number of carbonyl (C=O) groups is 1. The standard InChI is InChI=1S/C18H29NO3/c20-17(15-6-3-7-15)19-12-18(13-19)10-16(8-9-22-18)21-11-14-4-1-2-5-14/h14-16H,1-13H2. The lowest BCUT2D eigenvalue weighted by molar-refractivity contribution is -0.205. The van der Waals surface area contributed by atoms with Crippen LogP contribution in [0.1, 0.15) is 57.8 Å². The summed E-state index contributed by atoms with van der Waals surface area (Å²) in [6, 6.07) is 0. The van der Waals surface area contributed by atoms with Gasteiger partial charge in [-0.15, -0.1) is 0 Å². The maximum Gasteiger partial charge on any atom is 0.225 e. The predicted octanol–water partition coefficient (Wildman–Crippen LogP) is 2.75. The zero-order chi connectivity index (χ0) is 15.0. The number of ether oxygens (including phenoxy) is 2. The highest BCUT2D eigenvalue weighted by Gasteiger charge is 2.50. The molecular weight excluding hydrogens is 278 g/mol. The largest absolute Gasteiger partial charge is 0.378 e. The molecule has 2 saturated heterocycles. The van der Waals surface area contributed by atoms with Gasteiger partial charge in [0.15, 0.2) is 0 Å². The van der Waals surface area contributed by atoms with Gasteiger partial charge in [0.25, 0.3) is 0 Å². The van der Waals surface area contributed by atoms with E-state index in [0.717, 1.165) is 57.9 Å². The summed E-state index contributed by atoms with van der Waals surface area (Å²) in [5.74, 6) is 1.47. The van der Waals surface area contributed by atoms with Gasteiger partial charge in [0.05, 0.1) is 19.2 Å². The monoisotopic (exact) mass is 307 g/mol. The highest BCUT2D eigenvalue weighted by molar-refractivity contribution is 5.80. The Balaban J connectivity index is 1.24. The average Bonchev–Trinajstić information content (AvgIpc) is 2.94. The molecule has 4 aliphatic rings. The van der Waals surface area contributed by atoms with Gasteiger partial charge < -0.3 is 14.4 Å². The van der Waals surface area contributed by atoms with E-state index >= 15 is 0 Å². The van der Waals surface area contributed by atoms with Crippen molar-refractivity contribution in [2.75, 3.05) is 26.3 Å². The number of amides is 1. The van der Waals surface area contributed by atoms with Gasteiger partial charge in [0.1, 0.15) is 5.60 Å². The Kier molecular flexibility index (Phi) is 4.16. The number of carbonyl (C=O) groups excluding carboxylic acids is 1. The summed E-state index contributed by atoms with van der Waals surface area (Å²) in [4.78, 5) is 14.3. The van der Waals surface area contributed by atoms with Gasteiger partial charge in [0, 0.05) is 25.6 Å². The fourth-order valence-corrected chi connectivity index (χ4v) is 4.51. The molecule has 0 bridgehead atoms. The normalized spacial score (nSPS) is 32.0. The van der Waals surface area contributed by atoms with E-state index in [1.54, 1.807) is 0 Å². The van der Waals surface area contributed by atoms with Gasteiger partial charge in [-0.05, 0) is 38.0 Å². The smallest absolute Gasteiger partial charge is 0.225 e. The molecule has 0 aromatic carbocycles. The number of hydrogen-bond acceptors (Lipinski definition) is 3. The van der Waals surface area contributed by atoms with E-state index in [4.69, 9.17) is 9.47 Å². The summed E-state index contributed by atoms with van der Waals surface area (Å²) in [6.07, 6.45) is 11.2. The van der Waals surface area contributed by atoms with Gasteiger partial charge in [-0.1, -0.05) is 19.3 Å². The molecule has 1 spiro atoms. The first-order valence-electron chi connectivity index (χ1n) is 9.28. The van der Waals surface area contributed by atoms with E-state index in [-0.39, 0.29) is 5.60 Å². The Morgan fingerprint density at radius 2 is 1.86 bits per heavy atom. The van der Waals surface area contributed by atoms with Crippen molar-refractivity contribution in [3.63, 3.8) is 0 Å². The molecule has 0 aromatic rings. The molecule has 4 heteroatoms. The predicted molar refractivity (Wildman–Crippen MR) is 83.5 cm³/mol. The van der Waals surface area contributed by atoms with Crippen LogP contribution in [0.5, 0.6) is 0 Å². The zero-order valence-corrected chi connectivity index (χ0v) is 13.6. The van der Waals surface area contributed by atoms with Crippen molar-refractivity contribution < 1.29 is 14.3 Å². The van der Waals surface area contributed by atoms with Crippen molar-refractivity contribution in [3.8, 4) is 0 Å². The van der Waals surface area contributed by atoms with Crippen LogP contribution >= 0.6 is 0 Å². The van der Waals surface area contributed by atoms with E-state index in [0.29, 0.717) is 17.9 Å². The van der Waals surface area contributed by atoms with Crippen molar-refractivity contribution in [2.45, 2.75) is 69.5 Å². The number of likely N-dealkylation sites (tertiary alicyclic amines) is 1. The van der Waals surface area contributed by atoms with Gasteiger partial charge in [-0.25, -0.2) is 0 Å². The molecule has 0 aromatic heterocycles. The molecule has 1 unspecified atom stereocenters. The van der Waals surface area contributed by atoms with Crippen molar-refractivity contribution in [1.29, 1.82) is 0 Å². The zero-order valence-electron chi connectivity index (χ0n) is 13.6. The molecule has 2 aliphatic heterocycles. The van der Waals surface area contributed by atoms with Crippen LogP contribution in [0.15, 0.2) is 0 Å². The second-order valence-corrected chi connectivity index (χ2v) is 7.95. The van der Waals surface area contributed by atoms with E-state index in [9.17, 15) is 4.79 Å². The fourth-order valence-electron chi connectivity index (χ4n) is 4.51. The second-order valence-electron chi connectivity index (χ2n) is 7.95. The summed E-state index contributed by atoms with van der Waals surface area (Å²) in [5.41, 5.74) is -0.0853. The minimum absolute atomic E-state index is 0.0853.